The third kappa shape index (κ3) is 5.31. The van der Waals surface area contributed by atoms with Gasteiger partial charge in [0.1, 0.15) is 5.75 Å². The Morgan fingerprint density at radius 2 is 1.85 bits per heavy atom. The summed E-state index contributed by atoms with van der Waals surface area (Å²) >= 11 is 3.53. The van der Waals surface area contributed by atoms with Crippen LogP contribution in [0.15, 0.2) is 34.1 Å². The first-order valence-corrected chi connectivity index (χ1v) is 12.5. The molecule has 2 aliphatic heterocycles. The number of ether oxygens (including phenoxy) is 1. The van der Waals surface area contributed by atoms with Crippen LogP contribution in [0.1, 0.15) is 45.6 Å². The van der Waals surface area contributed by atoms with Gasteiger partial charge >= 0.3 is 0 Å². The fourth-order valence-corrected chi connectivity index (χ4v) is 5.54. The summed E-state index contributed by atoms with van der Waals surface area (Å²) in [4.78, 5) is 14.8. The van der Waals surface area contributed by atoms with E-state index < -0.39 is 0 Å². The molecule has 0 saturated carbocycles. The zero-order chi connectivity index (χ0) is 23.9. The maximum Gasteiger partial charge on any atom is 0.260 e. The molecule has 1 aliphatic carbocycles. The Hall–Kier alpha value is -1.81. The van der Waals surface area contributed by atoms with Crippen LogP contribution in [0.25, 0.3) is 0 Å². The van der Waals surface area contributed by atoms with E-state index in [1.165, 1.54) is 5.17 Å². The van der Waals surface area contributed by atoms with Gasteiger partial charge in [-0.3, -0.25) is 10.0 Å². The van der Waals surface area contributed by atoms with Gasteiger partial charge in [-0.25, -0.2) is 5.01 Å². The lowest BCUT2D eigenvalue weighted by atomic mass is 9.86. The summed E-state index contributed by atoms with van der Waals surface area (Å²) in [6.45, 7) is 9.31. The van der Waals surface area contributed by atoms with E-state index in [1.807, 2.05) is 22.0 Å². The van der Waals surface area contributed by atoms with Gasteiger partial charge in [0, 0.05) is 54.0 Å². The highest BCUT2D eigenvalue weighted by Crippen LogP contribution is 2.35. The molecule has 9 heteroatoms. The maximum absolute atomic E-state index is 12.9. The molecule has 33 heavy (non-hydrogen) atoms. The van der Waals surface area contributed by atoms with Gasteiger partial charge in [0.25, 0.3) is 5.91 Å². The SMILES string of the molecule is CC(C)(C)c1cc(Br)ccc1OCC(=O)N1CC2CN(N(O)[C@@H]3CCC(N)=C(N)C3)CC2C1. The minimum absolute atomic E-state index is 0.0141. The van der Waals surface area contributed by atoms with Gasteiger partial charge < -0.3 is 21.1 Å². The van der Waals surface area contributed by atoms with Crippen molar-refractivity contribution in [3.8, 4) is 5.75 Å². The van der Waals surface area contributed by atoms with Crippen LogP contribution in [0.3, 0.4) is 0 Å². The average molecular weight is 522 g/mol. The predicted octanol–water partition coefficient (Wildman–Crippen LogP) is 2.80. The molecule has 4 rings (SSSR count). The van der Waals surface area contributed by atoms with Crippen LogP contribution in [0.5, 0.6) is 5.75 Å². The number of fused-ring (bicyclic) bond motifs is 1. The van der Waals surface area contributed by atoms with Crippen molar-refractivity contribution in [2.75, 3.05) is 32.8 Å². The molecule has 8 nitrogen and oxygen atoms in total. The molecule has 182 valence electrons. The molecule has 0 bridgehead atoms. The van der Waals surface area contributed by atoms with E-state index in [0.717, 1.165) is 41.0 Å². The number of nitrogens with two attached hydrogens (primary N) is 2. The summed E-state index contributed by atoms with van der Waals surface area (Å²) < 4.78 is 6.97. The Kier molecular flexibility index (Phi) is 6.96. The van der Waals surface area contributed by atoms with E-state index in [2.05, 4.69) is 42.8 Å². The first-order chi connectivity index (χ1) is 15.5. The van der Waals surface area contributed by atoms with E-state index in [9.17, 15) is 10.0 Å². The second-order valence-electron chi connectivity index (χ2n) is 10.6. The monoisotopic (exact) mass is 521 g/mol. The van der Waals surface area contributed by atoms with Crippen LogP contribution in [-0.2, 0) is 10.2 Å². The quantitative estimate of drug-likeness (QED) is 0.511. The number of hydrogen-bond donors (Lipinski definition) is 3. The summed E-state index contributed by atoms with van der Waals surface area (Å²) in [6.07, 6.45) is 2.10. The van der Waals surface area contributed by atoms with E-state index in [0.29, 0.717) is 43.5 Å². The third-order valence-electron chi connectivity index (χ3n) is 7.15. The normalized spacial score (nSPS) is 26.2. The summed E-state index contributed by atoms with van der Waals surface area (Å²) in [5.74, 6) is 1.47. The first kappa shape index (κ1) is 24.3. The van der Waals surface area contributed by atoms with Gasteiger partial charge in [-0.15, -0.1) is 5.17 Å². The number of hydroxylamine groups is 1. The van der Waals surface area contributed by atoms with Crippen molar-refractivity contribution >= 4 is 21.8 Å². The number of benzene rings is 1. The van der Waals surface area contributed by atoms with Gasteiger partial charge in [-0.2, -0.15) is 0 Å². The van der Waals surface area contributed by atoms with Crippen molar-refractivity contribution in [3.63, 3.8) is 0 Å². The number of hydrazine groups is 1. The van der Waals surface area contributed by atoms with Gasteiger partial charge in [0.2, 0.25) is 0 Å². The Morgan fingerprint density at radius 1 is 1.18 bits per heavy atom. The van der Waals surface area contributed by atoms with Crippen LogP contribution in [0, 0.1) is 11.8 Å². The largest absolute Gasteiger partial charge is 0.483 e. The van der Waals surface area contributed by atoms with Crippen LogP contribution in [0.2, 0.25) is 0 Å². The minimum atomic E-state index is -0.0863. The van der Waals surface area contributed by atoms with Gasteiger partial charge in [-0.05, 0) is 48.3 Å². The molecule has 2 fully saturated rings. The lowest BCUT2D eigenvalue weighted by Crippen LogP contribution is -2.48. The highest BCUT2D eigenvalue weighted by Gasteiger charge is 2.44. The Balaban J connectivity index is 1.29. The lowest BCUT2D eigenvalue weighted by molar-refractivity contribution is -0.268. The van der Waals surface area contributed by atoms with E-state index in [-0.39, 0.29) is 24.0 Å². The van der Waals surface area contributed by atoms with Gasteiger partial charge in [-0.1, -0.05) is 36.7 Å². The number of carbonyl (C=O) groups is 1. The molecule has 1 aromatic rings. The number of rotatable bonds is 5. The molecular weight excluding hydrogens is 486 g/mol. The minimum Gasteiger partial charge on any atom is -0.483 e. The van der Waals surface area contributed by atoms with E-state index in [4.69, 9.17) is 16.2 Å². The Labute approximate surface area is 204 Å². The van der Waals surface area contributed by atoms with Gasteiger partial charge in [0.15, 0.2) is 6.61 Å². The smallest absolute Gasteiger partial charge is 0.260 e. The molecule has 1 amide bonds. The molecular formula is C24H36BrN5O3. The molecule has 2 heterocycles. The molecule has 0 aromatic heterocycles. The average Bonchev–Trinajstić information content (AvgIpc) is 3.33. The molecule has 2 saturated heterocycles. The van der Waals surface area contributed by atoms with Crippen molar-refractivity contribution < 1.29 is 14.7 Å². The van der Waals surface area contributed by atoms with Crippen LogP contribution >= 0.6 is 15.9 Å². The van der Waals surface area contributed by atoms with Crippen molar-refractivity contribution in [2.24, 2.45) is 23.3 Å². The highest BCUT2D eigenvalue weighted by atomic mass is 79.9. The maximum atomic E-state index is 12.9. The summed E-state index contributed by atoms with van der Waals surface area (Å²) in [6, 6.07) is 5.88. The predicted molar refractivity (Wildman–Crippen MR) is 130 cm³/mol. The number of amides is 1. The summed E-state index contributed by atoms with van der Waals surface area (Å²) in [5, 5.41) is 14.1. The lowest BCUT2D eigenvalue weighted by Gasteiger charge is -2.36. The number of likely N-dealkylation sites (tertiary alicyclic amines) is 1. The fraction of sp³-hybridized carbons (Fsp3) is 0.625. The number of carbonyl (C=O) groups excluding carboxylic acids is 1. The third-order valence-corrected chi connectivity index (χ3v) is 7.64. The fourth-order valence-electron chi connectivity index (χ4n) is 5.18. The molecule has 3 atom stereocenters. The van der Waals surface area contributed by atoms with Crippen molar-refractivity contribution in [2.45, 2.75) is 51.5 Å². The number of hydrogen-bond acceptors (Lipinski definition) is 7. The second kappa shape index (κ2) is 9.44. The number of allylic oxidation sites excluding steroid dienone is 1. The Morgan fingerprint density at radius 3 is 2.45 bits per heavy atom. The second-order valence-corrected chi connectivity index (χ2v) is 11.6. The van der Waals surface area contributed by atoms with Crippen LogP contribution < -0.4 is 16.2 Å². The molecule has 0 radical (unpaired) electrons. The van der Waals surface area contributed by atoms with Gasteiger partial charge in [0.05, 0.1) is 6.04 Å². The zero-order valence-electron chi connectivity index (χ0n) is 19.8. The molecule has 5 N–H and O–H groups in total. The Bertz CT molecular complexity index is 917. The topological polar surface area (TPSA) is 108 Å². The highest BCUT2D eigenvalue weighted by molar-refractivity contribution is 9.10. The van der Waals surface area contributed by atoms with Crippen molar-refractivity contribution in [1.82, 2.24) is 15.1 Å². The summed E-state index contributed by atoms with van der Waals surface area (Å²) in [5.41, 5.74) is 14.3. The zero-order valence-corrected chi connectivity index (χ0v) is 21.3. The van der Waals surface area contributed by atoms with Crippen molar-refractivity contribution in [1.29, 1.82) is 0 Å². The molecule has 1 aromatic carbocycles. The van der Waals surface area contributed by atoms with E-state index >= 15 is 0 Å². The first-order valence-electron chi connectivity index (χ1n) is 11.7. The summed E-state index contributed by atoms with van der Waals surface area (Å²) in [7, 11) is 0. The number of nitrogens with zero attached hydrogens (tertiary/aromatic N) is 3. The van der Waals surface area contributed by atoms with Crippen LogP contribution in [0.4, 0.5) is 0 Å². The molecule has 3 aliphatic rings. The standard InChI is InChI=1S/C24H36BrN5O3/c1-24(2,3)19-8-17(25)4-7-22(19)33-14-23(31)28-10-15-12-29(13-16(15)11-28)30(32)18-5-6-20(26)21(27)9-18/h4,7-8,15-16,18,32H,5-6,9-14,26-27H2,1-3H3/t15?,16?,18-/m1/s1. The van der Waals surface area contributed by atoms with Crippen molar-refractivity contribution in [3.05, 3.63) is 39.6 Å². The van der Waals surface area contributed by atoms with E-state index in [1.54, 1.807) is 0 Å². The molecule has 2 unspecified atom stereocenters. The molecule has 0 spiro atoms. The van der Waals surface area contributed by atoms with Crippen LogP contribution in [-0.4, -0.2) is 65.0 Å². The number of halogens is 1.